The van der Waals surface area contributed by atoms with E-state index >= 15 is 0 Å². The van der Waals surface area contributed by atoms with Crippen molar-refractivity contribution in [3.63, 3.8) is 0 Å². The minimum Gasteiger partial charge on any atom is -0.462 e. The van der Waals surface area contributed by atoms with Crippen molar-refractivity contribution in [2.24, 2.45) is 17.8 Å². The van der Waals surface area contributed by atoms with Gasteiger partial charge in [-0.25, -0.2) is 0 Å². The maximum absolute atomic E-state index is 12.7. The minimum absolute atomic E-state index is 0.0660. The zero-order valence-corrected chi connectivity index (χ0v) is 37.7. The molecular weight excluding hydrogens is 685 g/mol. The number of carbonyl (C=O) groups is 3. The average Bonchev–Trinajstić information content (AvgIpc) is 3.13. The molecule has 0 aliphatic heterocycles. The van der Waals surface area contributed by atoms with Crippen LogP contribution in [-0.4, -0.2) is 37.2 Å². The Morgan fingerprint density at radius 2 is 0.527 bits per heavy atom. The molecule has 6 heteroatoms. The predicted molar refractivity (Wildman–Crippen MR) is 233 cm³/mol. The first kappa shape index (κ1) is 53.4. The van der Waals surface area contributed by atoms with Gasteiger partial charge in [-0.2, -0.15) is 0 Å². The molecule has 0 fully saturated rings. The Balaban J connectivity index is 4.31. The quantitative estimate of drug-likeness (QED) is 0.0349. The second-order valence-corrected chi connectivity index (χ2v) is 18.2. The van der Waals surface area contributed by atoms with E-state index in [9.17, 15) is 14.4 Å². The van der Waals surface area contributed by atoms with E-state index in [0.717, 1.165) is 75.5 Å². The lowest BCUT2D eigenvalue weighted by Gasteiger charge is -2.18. The van der Waals surface area contributed by atoms with Gasteiger partial charge in [0.2, 0.25) is 0 Å². The number of hydrogen-bond acceptors (Lipinski definition) is 6. The van der Waals surface area contributed by atoms with E-state index in [4.69, 9.17) is 14.2 Å². The second-order valence-electron chi connectivity index (χ2n) is 18.2. The van der Waals surface area contributed by atoms with Gasteiger partial charge in [-0.3, -0.25) is 14.4 Å². The predicted octanol–water partition coefficient (Wildman–Crippen LogP) is 15.2. The van der Waals surface area contributed by atoms with E-state index in [1.54, 1.807) is 0 Å². The van der Waals surface area contributed by atoms with Crippen LogP contribution in [0.3, 0.4) is 0 Å². The number of rotatable bonds is 42. The molecule has 0 amide bonds. The summed E-state index contributed by atoms with van der Waals surface area (Å²) in [5, 5.41) is 0. The van der Waals surface area contributed by atoms with Gasteiger partial charge in [0, 0.05) is 19.3 Å². The van der Waals surface area contributed by atoms with Gasteiger partial charge in [-0.1, -0.05) is 221 Å². The highest BCUT2D eigenvalue weighted by Gasteiger charge is 2.19. The van der Waals surface area contributed by atoms with Crippen LogP contribution >= 0.6 is 0 Å². The van der Waals surface area contributed by atoms with E-state index in [0.29, 0.717) is 19.3 Å². The first-order chi connectivity index (χ1) is 26.6. The van der Waals surface area contributed by atoms with E-state index in [1.807, 2.05) is 0 Å². The Kier molecular flexibility index (Phi) is 39.4. The van der Waals surface area contributed by atoms with Crippen LogP contribution in [-0.2, 0) is 28.6 Å². The van der Waals surface area contributed by atoms with Crippen LogP contribution in [0.1, 0.15) is 260 Å². The monoisotopic (exact) mass is 779 g/mol. The van der Waals surface area contributed by atoms with Gasteiger partial charge in [-0.15, -0.1) is 0 Å². The number of esters is 3. The Bertz CT molecular complexity index is 852. The lowest BCUT2D eigenvalue weighted by molar-refractivity contribution is -0.167. The lowest BCUT2D eigenvalue weighted by atomic mass is 10.0. The van der Waals surface area contributed by atoms with Gasteiger partial charge >= 0.3 is 17.9 Å². The summed E-state index contributed by atoms with van der Waals surface area (Å²) in [6.07, 6.45) is 38.1. The summed E-state index contributed by atoms with van der Waals surface area (Å²) in [5.74, 6) is 1.56. The topological polar surface area (TPSA) is 78.9 Å². The molecule has 0 aromatic rings. The fraction of sp³-hybridized carbons (Fsp3) is 0.939. The van der Waals surface area contributed by atoms with Crippen LogP contribution in [0.5, 0.6) is 0 Å². The molecule has 0 saturated heterocycles. The van der Waals surface area contributed by atoms with Gasteiger partial charge < -0.3 is 14.2 Å². The molecule has 0 rings (SSSR count). The zero-order chi connectivity index (χ0) is 40.6. The maximum atomic E-state index is 12.7. The Labute approximate surface area is 342 Å². The Hall–Kier alpha value is -1.59. The summed E-state index contributed by atoms with van der Waals surface area (Å²) in [6.45, 7) is 13.6. The van der Waals surface area contributed by atoms with Crippen LogP contribution in [0, 0.1) is 17.8 Å². The molecule has 0 N–H and O–H groups in total. The van der Waals surface area contributed by atoms with E-state index in [1.165, 1.54) is 141 Å². The third kappa shape index (κ3) is 43.4. The van der Waals surface area contributed by atoms with Crippen molar-refractivity contribution in [3.8, 4) is 0 Å². The standard InChI is InChI=1S/C49H94O6/c1-43(2)35-29-23-17-12-8-7-9-14-20-26-32-38-47(50)53-41-46(55-49(52)40-34-28-22-16-19-25-31-37-45(5)6)42-54-48(51)39-33-27-21-15-11-10-13-18-24-30-36-44(3)4/h43-46H,7-42H2,1-6H3/t46-/m1/s1. The highest BCUT2D eigenvalue weighted by Crippen LogP contribution is 2.17. The van der Waals surface area contributed by atoms with Gasteiger partial charge in [0.15, 0.2) is 6.10 Å². The summed E-state index contributed by atoms with van der Waals surface area (Å²) in [5.41, 5.74) is 0. The summed E-state index contributed by atoms with van der Waals surface area (Å²) in [4.78, 5) is 37.8. The molecule has 0 bridgehead atoms. The lowest BCUT2D eigenvalue weighted by Crippen LogP contribution is -2.30. The minimum atomic E-state index is -0.762. The molecule has 0 aromatic carbocycles. The van der Waals surface area contributed by atoms with Crippen LogP contribution in [0.2, 0.25) is 0 Å². The third-order valence-electron chi connectivity index (χ3n) is 10.9. The molecule has 55 heavy (non-hydrogen) atoms. The van der Waals surface area contributed by atoms with Gasteiger partial charge in [0.05, 0.1) is 0 Å². The van der Waals surface area contributed by atoms with Crippen molar-refractivity contribution in [2.45, 2.75) is 266 Å². The molecule has 0 aliphatic carbocycles. The largest absolute Gasteiger partial charge is 0.462 e. The van der Waals surface area contributed by atoms with Gasteiger partial charge in [-0.05, 0) is 37.0 Å². The number of ether oxygens (including phenoxy) is 3. The summed E-state index contributed by atoms with van der Waals surface area (Å²) in [6, 6.07) is 0. The summed E-state index contributed by atoms with van der Waals surface area (Å²) >= 11 is 0. The smallest absolute Gasteiger partial charge is 0.306 e. The molecule has 1 atom stereocenters. The fourth-order valence-electron chi connectivity index (χ4n) is 7.23. The first-order valence-corrected chi connectivity index (χ1v) is 24.1. The van der Waals surface area contributed by atoms with Crippen LogP contribution in [0.15, 0.2) is 0 Å². The first-order valence-electron chi connectivity index (χ1n) is 24.1. The molecule has 0 radical (unpaired) electrons. The fourth-order valence-corrected chi connectivity index (χ4v) is 7.23. The number of hydrogen-bond donors (Lipinski definition) is 0. The highest BCUT2D eigenvalue weighted by atomic mass is 16.6. The number of unbranched alkanes of at least 4 members (excludes halogenated alkanes) is 25. The van der Waals surface area contributed by atoms with Crippen LogP contribution < -0.4 is 0 Å². The Morgan fingerprint density at radius 1 is 0.309 bits per heavy atom. The third-order valence-corrected chi connectivity index (χ3v) is 10.9. The molecule has 0 aliphatic rings. The summed E-state index contributed by atoms with van der Waals surface area (Å²) < 4.78 is 16.7. The molecular formula is C49H94O6. The molecule has 0 aromatic heterocycles. The van der Waals surface area contributed by atoms with Crippen molar-refractivity contribution < 1.29 is 28.6 Å². The average molecular weight is 779 g/mol. The highest BCUT2D eigenvalue weighted by molar-refractivity contribution is 5.71. The molecule has 6 nitrogen and oxygen atoms in total. The van der Waals surface area contributed by atoms with E-state index in [2.05, 4.69) is 41.5 Å². The van der Waals surface area contributed by atoms with Crippen molar-refractivity contribution >= 4 is 17.9 Å². The molecule has 0 unspecified atom stereocenters. The van der Waals surface area contributed by atoms with E-state index in [-0.39, 0.29) is 31.1 Å². The SMILES string of the molecule is CC(C)CCCCCCCCCCCCCC(=O)OC[C@H](COC(=O)CCCCCCCCCCCCC(C)C)OC(=O)CCCCCCCCCC(C)C. The van der Waals surface area contributed by atoms with Crippen molar-refractivity contribution in [1.82, 2.24) is 0 Å². The van der Waals surface area contributed by atoms with Crippen molar-refractivity contribution in [1.29, 1.82) is 0 Å². The molecule has 0 saturated carbocycles. The van der Waals surface area contributed by atoms with Gasteiger partial charge in [0.1, 0.15) is 13.2 Å². The Morgan fingerprint density at radius 3 is 0.782 bits per heavy atom. The second kappa shape index (κ2) is 40.6. The molecule has 0 spiro atoms. The van der Waals surface area contributed by atoms with Crippen molar-refractivity contribution in [2.75, 3.05) is 13.2 Å². The number of carbonyl (C=O) groups excluding carboxylic acids is 3. The molecule has 326 valence electrons. The molecule has 0 heterocycles. The zero-order valence-electron chi connectivity index (χ0n) is 37.7. The van der Waals surface area contributed by atoms with Crippen molar-refractivity contribution in [3.05, 3.63) is 0 Å². The normalized spacial score (nSPS) is 12.2. The maximum Gasteiger partial charge on any atom is 0.306 e. The van der Waals surface area contributed by atoms with Crippen LogP contribution in [0.4, 0.5) is 0 Å². The van der Waals surface area contributed by atoms with Crippen LogP contribution in [0.25, 0.3) is 0 Å². The summed E-state index contributed by atoms with van der Waals surface area (Å²) in [7, 11) is 0. The van der Waals surface area contributed by atoms with E-state index < -0.39 is 6.10 Å². The van der Waals surface area contributed by atoms with Gasteiger partial charge in [0.25, 0.3) is 0 Å².